The fourth-order valence-corrected chi connectivity index (χ4v) is 3.17. The molecule has 1 amide bonds. The molecule has 0 radical (unpaired) electrons. The molecule has 1 aliphatic heterocycles. The predicted molar refractivity (Wildman–Crippen MR) is 109 cm³/mol. The number of para-hydroxylation sites is 1. The molecule has 148 valence electrons. The maximum atomic E-state index is 12.1. The molecular formula is C21H26N4O3. The van der Waals surface area contributed by atoms with E-state index >= 15 is 0 Å². The molecule has 2 N–H and O–H groups in total. The molecule has 7 heteroatoms. The van der Waals surface area contributed by atoms with E-state index in [1.54, 1.807) is 18.2 Å². The minimum atomic E-state index is -0.171. The number of methoxy groups -OCH3 is 1. The molecule has 2 aromatic rings. The van der Waals surface area contributed by atoms with E-state index in [-0.39, 0.29) is 11.7 Å². The first-order valence-electron chi connectivity index (χ1n) is 9.32. The van der Waals surface area contributed by atoms with E-state index in [0.717, 1.165) is 32.7 Å². The van der Waals surface area contributed by atoms with Gasteiger partial charge >= 0.3 is 0 Å². The monoisotopic (exact) mass is 382 g/mol. The number of piperazine rings is 1. The van der Waals surface area contributed by atoms with Crippen LogP contribution in [0.25, 0.3) is 0 Å². The van der Waals surface area contributed by atoms with Gasteiger partial charge < -0.3 is 9.84 Å². The van der Waals surface area contributed by atoms with Crippen LogP contribution in [0.15, 0.2) is 53.6 Å². The van der Waals surface area contributed by atoms with E-state index in [1.807, 2.05) is 6.07 Å². The molecule has 0 aliphatic carbocycles. The third-order valence-corrected chi connectivity index (χ3v) is 4.72. The van der Waals surface area contributed by atoms with Gasteiger partial charge in [0.15, 0.2) is 11.5 Å². The fourth-order valence-electron chi connectivity index (χ4n) is 3.17. The SMILES string of the molecule is COc1cccc(C=NNC(=O)CN2CCN(Cc3ccccc3)CC2)c1O. The van der Waals surface area contributed by atoms with Crippen LogP contribution in [0, 0.1) is 0 Å². The molecule has 0 aromatic heterocycles. The molecule has 0 saturated carbocycles. The molecule has 1 aliphatic rings. The zero-order valence-corrected chi connectivity index (χ0v) is 16.0. The first kappa shape index (κ1) is 19.9. The molecule has 1 fully saturated rings. The molecule has 0 bridgehead atoms. The molecular weight excluding hydrogens is 356 g/mol. The molecule has 0 unspecified atom stereocenters. The Morgan fingerprint density at radius 1 is 1.11 bits per heavy atom. The van der Waals surface area contributed by atoms with Crippen molar-refractivity contribution < 1.29 is 14.6 Å². The van der Waals surface area contributed by atoms with Crippen LogP contribution in [-0.2, 0) is 11.3 Å². The molecule has 1 heterocycles. The number of carbonyl (C=O) groups is 1. The van der Waals surface area contributed by atoms with Gasteiger partial charge in [0.25, 0.3) is 5.91 Å². The van der Waals surface area contributed by atoms with Gasteiger partial charge in [-0.25, -0.2) is 5.43 Å². The third-order valence-electron chi connectivity index (χ3n) is 4.72. The fraction of sp³-hybridized carbons (Fsp3) is 0.333. The zero-order chi connectivity index (χ0) is 19.8. The van der Waals surface area contributed by atoms with Gasteiger partial charge in [-0.3, -0.25) is 14.6 Å². The quantitative estimate of drug-likeness (QED) is 0.563. The minimum absolute atomic E-state index is 0.00228. The number of benzene rings is 2. The van der Waals surface area contributed by atoms with Gasteiger partial charge in [0, 0.05) is 38.3 Å². The second-order valence-electron chi connectivity index (χ2n) is 6.73. The highest BCUT2D eigenvalue weighted by Crippen LogP contribution is 2.27. The summed E-state index contributed by atoms with van der Waals surface area (Å²) < 4.78 is 5.05. The van der Waals surface area contributed by atoms with Crippen LogP contribution in [-0.4, -0.2) is 66.9 Å². The second kappa shape index (κ2) is 9.87. The Bertz CT molecular complexity index is 803. The maximum Gasteiger partial charge on any atom is 0.254 e. The van der Waals surface area contributed by atoms with Crippen molar-refractivity contribution in [2.45, 2.75) is 6.54 Å². The lowest BCUT2D eigenvalue weighted by Crippen LogP contribution is -2.48. The van der Waals surface area contributed by atoms with Gasteiger partial charge in [0.05, 0.1) is 19.9 Å². The van der Waals surface area contributed by atoms with Gasteiger partial charge in [-0.1, -0.05) is 36.4 Å². The lowest BCUT2D eigenvalue weighted by Gasteiger charge is -2.34. The number of aromatic hydroxyl groups is 1. The summed E-state index contributed by atoms with van der Waals surface area (Å²) in [5.41, 5.74) is 4.31. The van der Waals surface area contributed by atoms with Crippen molar-refractivity contribution in [3.8, 4) is 11.5 Å². The molecule has 3 rings (SSSR count). The van der Waals surface area contributed by atoms with Gasteiger partial charge in [0.1, 0.15) is 0 Å². The minimum Gasteiger partial charge on any atom is -0.504 e. The number of rotatable bonds is 7. The average molecular weight is 382 g/mol. The van der Waals surface area contributed by atoms with Crippen LogP contribution < -0.4 is 10.2 Å². The highest BCUT2D eigenvalue weighted by Gasteiger charge is 2.18. The first-order valence-corrected chi connectivity index (χ1v) is 9.32. The van der Waals surface area contributed by atoms with Crippen molar-refractivity contribution in [1.29, 1.82) is 0 Å². The predicted octanol–water partition coefficient (Wildman–Crippen LogP) is 1.67. The molecule has 0 atom stereocenters. The zero-order valence-electron chi connectivity index (χ0n) is 16.0. The third kappa shape index (κ3) is 5.55. The summed E-state index contributed by atoms with van der Waals surface area (Å²) in [6.07, 6.45) is 1.41. The number of phenols is 1. The number of phenolic OH excluding ortho intramolecular Hbond substituents is 1. The summed E-state index contributed by atoms with van der Waals surface area (Å²) in [6, 6.07) is 15.5. The van der Waals surface area contributed by atoms with E-state index in [2.05, 4.69) is 44.6 Å². The van der Waals surface area contributed by atoms with Crippen molar-refractivity contribution in [1.82, 2.24) is 15.2 Å². The number of amides is 1. The summed E-state index contributed by atoms with van der Waals surface area (Å²) in [4.78, 5) is 16.6. The van der Waals surface area contributed by atoms with Gasteiger partial charge in [-0.05, 0) is 17.7 Å². The average Bonchev–Trinajstić information content (AvgIpc) is 2.71. The Hall–Kier alpha value is -2.90. The molecule has 2 aromatic carbocycles. The van der Waals surface area contributed by atoms with Crippen LogP contribution in [0.4, 0.5) is 0 Å². The summed E-state index contributed by atoms with van der Waals surface area (Å²) >= 11 is 0. The standard InChI is InChI=1S/C21H26N4O3/c1-28-19-9-5-8-18(21(19)27)14-22-23-20(26)16-25-12-10-24(11-13-25)15-17-6-3-2-4-7-17/h2-9,14,27H,10-13,15-16H2,1H3,(H,23,26). The van der Waals surface area contributed by atoms with Crippen molar-refractivity contribution in [2.24, 2.45) is 5.10 Å². The van der Waals surface area contributed by atoms with Crippen LogP contribution in [0.1, 0.15) is 11.1 Å². The summed E-state index contributed by atoms with van der Waals surface area (Å²) in [6.45, 7) is 4.81. The summed E-state index contributed by atoms with van der Waals surface area (Å²) in [5, 5.41) is 13.9. The second-order valence-corrected chi connectivity index (χ2v) is 6.73. The molecule has 7 nitrogen and oxygen atoms in total. The number of ether oxygens (including phenoxy) is 1. The van der Waals surface area contributed by atoms with Crippen molar-refractivity contribution in [2.75, 3.05) is 39.8 Å². The number of hydrazone groups is 1. The Labute approximate surface area is 165 Å². The molecule has 0 spiro atoms. The van der Waals surface area contributed by atoms with Gasteiger partial charge in [0.2, 0.25) is 0 Å². The van der Waals surface area contributed by atoms with Crippen LogP contribution in [0.5, 0.6) is 11.5 Å². The maximum absolute atomic E-state index is 12.1. The van der Waals surface area contributed by atoms with Crippen molar-refractivity contribution in [3.05, 3.63) is 59.7 Å². The highest BCUT2D eigenvalue weighted by atomic mass is 16.5. The van der Waals surface area contributed by atoms with Gasteiger partial charge in [-0.15, -0.1) is 0 Å². The number of nitrogens with zero attached hydrogens (tertiary/aromatic N) is 3. The van der Waals surface area contributed by atoms with Crippen LogP contribution in [0.2, 0.25) is 0 Å². The molecule has 1 saturated heterocycles. The lowest BCUT2D eigenvalue weighted by molar-refractivity contribution is -0.122. The highest BCUT2D eigenvalue weighted by molar-refractivity contribution is 5.86. The van der Waals surface area contributed by atoms with E-state index in [4.69, 9.17) is 4.74 Å². The van der Waals surface area contributed by atoms with Crippen molar-refractivity contribution in [3.63, 3.8) is 0 Å². The number of nitrogens with one attached hydrogen (secondary N) is 1. The largest absolute Gasteiger partial charge is 0.504 e. The van der Waals surface area contributed by atoms with Crippen molar-refractivity contribution >= 4 is 12.1 Å². The Kier molecular flexibility index (Phi) is 7.00. The Morgan fingerprint density at radius 2 is 1.82 bits per heavy atom. The van der Waals surface area contributed by atoms with E-state index in [9.17, 15) is 9.90 Å². The van der Waals surface area contributed by atoms with Crippen LogP contribution in [0.3, 0.4) is 0 Å². The van der Waals surface area contributed by atoms with Crippen LogP contribution >= 0.6 is 0 Å². The van der Waals surface area contributed by atoms with Gasteiger partial charge in [-0.2, -0.15) is 5.10 Å². The van der Waals surface area contributed by atoms with E-state index < -0.39 is 0 Å². The topological polar surface area (TPSA) is 77.4 Å². The number of hydrogen-bond donors (Lipinski definition) is 2. The first-order chi connectivity index (χ1) is 13.7. The molecule has 28 heavy (non-hydrogen) atoms. The smallest absolute Gasteiger partial charge is 0.254 e. The van der Waals surface area contributed by atoms with E-state index in [1.165, 1.54) is 18.9 Å². The summed E-state index contributed by atoms with van der Waals surface area (Å²) in [5.74, 6) is 0.191. The summed E-state index contributed by atoms with van der Waals surface area (Å²) in [7, 11) is 1.48. The normalized spacial score (nSPS) is 15.6. The Morgan fingerprint density at radius 3 is 2.54 bits per heavy atom. The Balaban J connectivity index is 1.41. The number of carbonyl (C=O) groups excluding carboxylic acids is 1. The number of hydrogen-bond acceptors (Lipinski definition) is 6. The lowest BCUT2D eigenvalue weighted by atomic mass is 10.2. The van der Waals surface area contributed by atoms with E-state index in [0.29, 0.717) is 17.9 Å².